The van der Waals surface area contributed by atoms with Crippen LogP contribution in [0.25, 0.3) is 0 Å². The Labute approximate surface area is 141 Å². The maximum absolute atomic E-state index is 10.0. The summed E-state index contributed by atoms with van der Waals surface area (Å²) in [6.45, 7) is 0.819. The first-order chi connectivity index (χ1) is 11.5. The first-order valence-corrected chi connectivity index (χ1v) is 8.64. The summed E-state index contributed by atoms with van der Waals surface area (Å²) in [4.78, 5) is 2.95. The summed E-state index contributed by atoms with van der Waals surface area (Å²) in [6.07, 6.45) is 0.643. The van der Waals surface area contributed by atoms with Crippen molar-refractivity contribution in [2.75, 3.05) is 19.7 Å². The van der Waals surface area contributed by atoms with Gasteiger partial charge in [0.25, 0.3) is 0 Å². The lowest BCUT2D eigenvalue weighted by molar-refractivity contribution is -0.176. The average Bonchev–Trinajstić information content (AvgIpc) is 2.59. The van der Waals surface area contributed by atoms with Crippen LogP contribution in [0.1, 0.15) is 38.5 Å². The molecule has 0 aromatic rings. The largest absolute Gasteiger partial charge is 0.396 e. The van der Waals surface area contributed by atoms with Crippen molar-refractivity contribution in [3.63, 3.8) is 0 Å². The van der Waals surface area contributed by atoms with E-state index in [9.17, 15) is 25.5 Å². The minimum Gasteiger partial charge on any atom is -0.396 e. The molecule has 6 atom stereocenters. The molecule has 9 heteroatoms. The highest BCUT2D eigenvalue weighted by Crippen LogP contribution is 2.26. The molecule has 1 fully saturated rings. The molecule has 0 aliphatic heterocycles. The normalized spacial score (nSPS) is 33.2. The summed E-state index contributed by atoms with van der Waals surface area (Å²) in [7, 11) is 0. The maximum Gasteiger partial charge on any atom is 0.214 e. The molecule has 1 saturated carbocycles. The number of hydrogen-bond acceptors (Lipinski definition) is 8. The molecule has 0 aromatic carbocycles. The van der Waals surface area contributed by atoms with E-state index in [0.29, 0.717) is 13.1 Å². The van der Waals surface area contributed by atoms with Gasteiger partial charge in [0.2, 0.25) is 4.91 Å². The molecule has 9 nitrogen and oxygen atoms in total. The molecule has 1 aliphatic rings. The standard InChI is InChI=1S/C15H31N4O5/c16-19-18-8-6-4-2-1-3-5-7-17-11-10(9-20)12(21)14(23)15(24)13(11)22/h10-17,20-24H,1-9H2/q+1/t10-,11-,12+,13+,14-,15-/m0/s1. The fourth-order valence-corrected chi connectivity index (χ4v) is 3.16. The first kappa shape index (κ1) is 21.1. The molecule has 0 saturated heterocycles. The molecular formula is C15H31N4O5+. The Bertz CT molecular complexity index is 394. The fraction of sp³-hybridized carbons (Fsp3) is 1.00. The van der Waals surface area contributed by atoms with E-state index >= 15 is 0 Å². The number of aliphatic hydroxyl groups excluding tert-OH is 5. The highest BCUT2D eigenvalue weighted by atomic mass is 16.4. The molecule has 1 rings (SSSR count). The summed E-state index contributed by atoms with van der Waals surface area (Å²) in [5, 5.41) is 55.4. The van der Waals surface area contributed by atoms with Gasteiger partial charge in [-0.2, -0.15) is 0 Å². The number of hydrogen-bond donors (Lipinski definition) is 7. The SMILES string of the molecule is N=[N+]=NCCCCCCCCN[C@@H]1[C@@H](O)[C@H](O)[C@@H](O)[C@H](O)[C@H]1CO. The second-order valence-corrected chi connectivity index (χ2v) is 6.38. The van der Waals surface area contributed by atoms with Gasteiger partial charge in [-0.1, -0.05) is 25.7 Å². The zero-order valence-electron chi connectivity index (χ0n) is 14.0. The van der Waals surface area contributed by atoms with Crippen LogP contribution in [0.4, 0.5) is 0 Å². The highest BCUT2D eigenvalue weighted by molar-refractivity contribution is 5.01. The second kappa shape index (κ2) is 11.6. The van der Waals surface area contributed by atoms with Crippen molar-refractivity contribution in [3.05, 3.63) is 0 Å². The maximum atomic E-state index is 10.0. The van der Waals surface area contributed by atoms with E-state index in [1.54, 1.807) is 0 Å². The van der Waals surface area contributed by atoms with Gasteiger partial charge < -0.3 is 30.8 Å². The van der Waals surface area contributed by atoms with Gasteiger partial charge in [0.05, 0.1) is 18.8 Å². The van der Waals surface area contributed by atoms with Gasteiger partial charge in [-0.3, -0.25) is 0 Å². The molecule has 0 bridgehead atoms. The van der Waals surface area contributed by atoms with Crippen LogP contribution in [-0.2, 0) is 0 Å². The van der Waals surface area contributed by atoms with E-state index in [4.69, 9.17) is 5.53 Å². The molecule has 0 aromatic heterocycles. The minimum atomic E-state index is -1.45. The fourth-order valence-electron chi connectivity index (χ4n) is 3.16. The average molecular weight is 347 g/mol. The Hall–Kier alpha value is -0.930. The molecular weight excluding hydrogens is 316 g/mol. The van der Waals surface area contributed by atoms with Gasteiger partial charge in [0.15, 0.2) is 0 Å². The van der Waals surface area contributed by atoms with Crippen LogP contribution < -0.4 is 10.2 Å². The monoisotopic (exact) mass is 347 g/mol. The van der Waals surface area contributed by atoms with Gasteiger partial charge in [0.1, 0.15) is 29.4 Å². The number of rotatable bonds is 11. The molecule has 0 radical (unpaired) electrons. The third kappa shape index (κ3) is 6.18. The van der Waals surface area contributed by atoms with Crippen LogP contribution in [0, 0.1) is 11.4 Å². The van der Waals surface area contributed by atoms with Gasteiger partial charge in [-0.25, -0.2) is 0 Å². The van der Waals surface area contributed by atoms with Gasteiger partial charge in [-0.15, -0.1) is 0 Å². The number of nitrogens with one attached hydrogen (secondary N) is 2. The molecule has 0 spiro atoms. The summed E-state index contributed by atoms with van der Waals surface area (Å²) in [5.41, 5.74) is 6.53. The van der Waals surface area contributed by atoms with Crippen molar-refractivity contribution in [2.24, 2.45) is 11.0 Å². The van der Waals surface area contributed by atoms with E-state index in [-0.39, 0.29) is 6.61 Å². The van der Waals surface area contributed by atoms with Gasteiger partial charge in [-0.05, 0) is 19.4 Å². The number of aliphatic hydroxyl groups is 5. The van der Waals surface area contributed by atoms with Crippen molar-refractivity contribution in [2.45, 2.75) is 69.0 Å². The predicted molar refractivity (Wildman–Crippen MR) is 86.2 cm³/mol. The van der Waals surface area contributed by atoms with Crippen molar-refractivity contribution in [3.8, 4) is 0 Å². The molecule has 0 amide bonds. The molecule has 1 aliphatic carbocycles. The zero-order valence-corrected chi connectivity index (χ0v) is 14.0. The Morgan fingerprint density at radius 2 is 1.42 bits per heavy atom. The first-order valence-electron chi connectivity index (χ1n) is 8.64. The zero-order chi connectivity index (χ0) is 17.9. The Kier molecular flexibility index (Phi) is 10.2. The van der Waals surface area contributed by atoms with E-state index in [2.05, 4.69) is 15.3 Å². The van der Waals surface area contributed by atoms with E-state index in [1.807, 2.05) is 0 Å². The van der Waals surface area contributed by atoms with E-state index < -0.39 is 36.4 Å². The predicted octanol–water partition coefficient (Wildman–Crippen LogP) is -1.10. The molecule has 0 heterocycles. The molecule has 140 valence electrons. The summed E-state index contributed by atoms with van der Waals surface area (Å²) >= 11 is 0. The van der Waals surface area contributed by atoms with Crippen molar-refractivity contribution in [1.82, 2.24) is 10.2 Å². The lowest BCUT2D eigenvalue weighted by atomic mass is 9.77. The number of nitrogens with zero attached hydrogens (tertiary/aromatic N) is 2. The number of unbranched alkanes of at least 4 members (excludes halogenated alkanes) is 5. The quantitative estimate of drug-likeness (QED) is 0.142. The van der Waals surface area contributed by atoms with Crippen LogP contribution in [0.3, 0.4) is 0 Å². The van der Waals surface area contributed by atoms with Gasteiger partial charge >= 0.3 is 0 Å². The Morgan fingerprint density at radius 3 is 2.04 bits per heavy atom. The Morgan fingerprint density at radius 1 is 0.833 bits per heavy atom. The lowest BCUT2D eigenvalue weighted by Crippen LogP contribution is -2.65. The van der Waals surface area contributed by atoms with Crippen molar-refractivity contribution in [1.29, 1.82) is 5.53 Å². The summed E-state index contributed by atoms with van der Waals surface area (Å²) in [5.74, 6) is -0.718. The lowest BCUT2D eigenvalue weighted by Gasteiger charge is -2.44. The molecule has 24 heavy (non-hydrogen) atoms. The summed E-state index contributed by atoms with van der Waals surface area (Å²) < 4.78 is 0. The third-order valence-electron chi connectivity index (χ3n) is 4.66. The second-order valence-electron chi connectivity index (χ2n) is 6.38. The Balaban J connectivity index is 2.21. The van der Waals surface area contributed by atoms with E-state index in [0.717, 1.165) is 38.5 Å². The van der Waals surface area contributed by atoms with E-state index in [1.165, 1.54) is 0 Å². The van der Waals surface area contributed by atoms with Crippen LogP contribution in [-0.4, -0.2) is 75.7 Å². The van der Waals surface area contributed by atoms with Crippen LogP contribution in [0.5, 0.6) is 0 Å². The van der Waals surface area contributed by atoms with Crippen LogP contribution >= 0.6 is 0 Å². The molecule has 0 unspecified atom stereocenters. The van der Waals surface area contributed by atoms with Gasteiger partial charge in [0, 0.05) is 12.0 Å². The van der Waals surface area contributed by atoms with Crippen molar-refractivity contribution >= 4 is 0 Å². The summed E-state index contributed by atoms with van der Waals surface area (Å²) in [6, 6.07) is -0.654. The minimum absolute atomic E-state index is 0.380. The third-order valence-corrected chi connectivity index (χ3v) is 4.66. The van der Waals surface area contributed by atoms with Crippen LogP contribution in [0.2, 0.25) is 0 Å². The van der Waals surface area contributed by atoms with Crippen LogP contribution in [0.15, 0.2) is 5.11 Å². The van der Waals surface area contributed by atoms with Crippen molar-refractivity contribution < 1.29 is 25.5 Å². The smallest absolute Gasteiger partial charge is 0.214 e. The topological polar surface area (TPSA) is 163 Å². The highest BCUT2D eigenvalue weighted by Gasteiger charge is 2.48. The molecule has 7 N–H and O–H groups in total.